The third-order valence-electron chi connectivity index (χ3n) is 4.02. The molecular formula is C12H24O. The second kappa shape index (κ2) is 4.45. The molecule has 0 amide bonds. The van der Waals surface area contributed by atoms with Gasteiger partial charge in [-0.15, -0.1) is 0 Å². The molecule has 0 heterocycles. The van der Waals surface area contributed by atoms with Crippen LogP contribution >= 0.6 is 0 Å². The smallest absolute Gasteiger partial charge is 0.0645 e. The van der Waals surface area contributed by atoms with Gasteiger partial charge in [0.2, 0.25) is 0 Å². The zero-order chi connectivity index (χ0) is 9.90. The maximum Gasteiger partial charge on any atom is 0.0645 e. The van der Waals surface area contributed by atoms with Crippen LogP contribution in [0.5, 0.6) is 0 Å². The molecule has 0 bridgehead atoms. The molecule has 0 aliphatic heterocycles. The summed E-state index contributed by atoms with van der Waals surface area (Å²) < 4.78 is 0. The van der Waals surface area contributed by atoms with Crippen molar-refractivity contribution in [2.24, 2.45) is 11.8 Å². The summed E-state index contributed by atoms with van der Waals surface area (Å²) in [5.74, 6) is 1.49. The van der Waals surface area contributed by atoms with E-state index >= 15 is 0 Å². The van der Waals surface area contributed by atoms with Crippen LogP contribution in [-0.2, 0) is 0 Å². The monoisotopic (exact) mass is 184 g/mol. The fraction of sp³-hybridized carbons (Fsp3) is 1.00. The summed E-state index contributed by atoms with van der Waals surface area (Å²) in [5, 5.41) is 10.1. The number of rotatable bonds is 3. The third-order valence-corrected chi connectivity index (χ3v) is 4.02. The van der Waals surface area contributed by atoms with Crippen LogP contribution in [0.25, 0.3) is 0 Å². The topological polar surface area (TPSA) is 20.2 Å². The van der Waals surface area contributed by atoms with Crippen LogP contribution in [0, 0.1) is 11.8 Å². The van der Waals surface area contributed by atoms with Crippen molar-refractivity contribution in [3.63, 3.8) is 0 Å². The SMILES string of the molecule is CCC1CCC(C(C)(O)CC)CC1. The van der Waals surface area contributed by atoms with Crippen LogP contribution < -0.4 is 0 Å². The Balaban J connectivity index is 2.40. The molecule has 1 N–H and O–H groups in total. The van der Waals surface area contributed by atoms with Crippen LogP contribution in [0.15, 0.2) is 0 Å². The lowest BCUT2D eigenvalue weighted by Gasteiger charge is -2.37. The molecule has 1 rings (SSSR count). The highest BCUT2D eigenvalue weighted by Crippen LogP contribution is 2.37. The first-order chi connectivity index (χ1) is 6.10. The number of hydrogen-bond donors (Lipinski definition) is 1. The van der Waals surface area contributed by atoms with Gasteiger partial charge in [0, 0.05) is 0 Å². The number of hydrogen-bond acceptors (Lipinski definition) is 1. The summed E-state index contributed by atoms with van der Waals surface area (Å²) in [5.41, 5.74) is -0.404. The van der Waals surface area contributed by atoms with E-state index in [2.05, 4.69) is 13.8 Å². The van der Waals surface area contributed by atoms with Gasteiger partial charge in [0.25, 0.3) is 0 Å². The Morgan fingerprint density at radius 3 is 2.08 bits per heavy atom. The Kier molecular flexibility index (Phi) is 3.78. The highest BCUT2D eigenvalue weighted by atomic mass is 16.3. The van der Waals surface area contributed by atoms with E-state index in [9.17, 15) is 5.11 Å². The quantitative estimate of drug-likeness (QED) is 0.713. The lowest BCUT2D eigenvalue weighted by molar-refractivity contribution is -0.0254. The number of aliphatic hydroxyl groups is 1. The normalized spacial score (nSPS) is 34.2. The largest absolute Gasteiger partial charge is 0.390 e. The summed E-state index contributed by atoms with van der Waals surface area (Å²) in [6, 6.07) is 0. The Hall–Kier alpha value is -0.0400. The zero-order valence-electron chi connectivity index (χ0n) is 9.34. The van der Waals surface area contributed by atoms with Crippen molar-refractivity contribution in [3.05, 3.63) is 0 Å². The van der Waals surface area contributed by atoms with Gasteiger partial charge in [-0.25, -0.2) is 0 Å². The maximum atomic E-state index is 10.1. The Bertz CT molecular complexity index is 143. The standard InChI is InChI=1S/C12H24O/c1-4-10-6-8-11(9-7-10)12(3,13)5-2/h10-11,13H,4-9H2,1-3H3. The Labute approximate surface area is 82.5 Å². The van der Waals surface area contributed by atoms with E-state index in [0.717, 1.165) is 12.3 Å². The molecule has 1 unspecified atom stereocenters. The molecule has 0 aromatic rings. The molecule has 0 spiro atoms. The lowest BCUT2D eigenvalue weighted by atomic mass is 9.73. The molecule has 0 aromatic carbocycles. The van der Waals surface area contributed by atoms with Crippen LogP contribution in [-0.4, -0.2) is 10.7 Å². The predicted octanol–water partition coefficient (Wildman–Crippen LogP) is 3.36. The van der Waals surface area contributed by atoms with Crippen LogP contribution in [0.2, 0.25) is 0 Å². The Morgan fingerprint density at radius 1 is 1.15 bits per heavy atom. The van der Waals surface area contributed by atoms with E-state index < -0.39 is 5.60 Å². The van der Waals surface area contributed by atoms with Gasteiger partial charge in [0.15, 0.2) is 0 Å². The molecule has 1 fully saturated rings. The summed E-state index contributed by atoms with van der Waals surface area (Å²) in [7, 11) is 0. The van der Waals surface area contributed by atoms with Crippen molar-refractivity contribution >= 4 is 0 Å². The van der Waals surface area contributed by atoms with E-state index in [1.54, 1.807) is 0 Å². The fourth-order valence-corrected chi connectivity index (χ4v) is 2.48. The van der Waals surface area contributed by atoms with Crippen molar-refractivity contribution in [1.29, 1.82) is 0 Å². The van der Waals surface area contributed by atoms with E-state index in [1.807, 2.05) is 6.92 Å². The van der Waals surface area contributed by atoms with Gasteiger partial charge in [0.05, 0.1) is 5.60 Å². The van der Waals surface area contributed by atoms with E-state index in [4.69, 9.17) is 0 Å². The van der Waals surface area contributed by atoms with E-state index in [-0.39, 0.29) is 0 Å². The minimum atomic E-state index is -0.404. The summed E-state index contributed by atoms with van der Waals surface area (Å²) in [6.45, 7) is 6.37. The van der Waals surface area contributed by atoms with Crippen molar-refractivity contribution in [2.75, 3.05) is 0 Å². The zero-order valence-corrected chi connectivity index (χ0v) is 9.34. The highest BCUT2D eigenvalue weighted by molar-refractivity contribution is 4.84. The van der Waals surface area contributed by atoms with Gasteiger partial charge in [-0.2, -0.15) is 0 Å². The van der Waals surface area contributed by atoms with Gasteiger partial charge in [-0.05, 0) is 38.0 Å². The summed E-state index contributed by atoms with van der Waals surface area (Å²) in [4.78, 5) is 0. The molecule has 1 aliphatic carbocycles. The average molecular weight is 184 g/mol. The molecular weight excluding hydrogens is 160 g/mol. The maximum absolute atomic E-state index is 10.1. The molecule has 0 aromatic heterocycles. The summed E-state index contributed by atoms with van der Waals surface area (Å²) in [6.07, 6.45) is 7.35. The van der Waals surface area contributed by atoms with E-state index in [1.165, 1.54) is 32.1 Å². The van der Waals surface area contributed by atoms with E-state index in [0.29, 0.717) is 5.92 Å². The van der Waals surface area contributed by atoms with Gasteiger partial charge in [0.1, 0.15) is 0 Å². The predicted molar refractivity (Wildman–Crippen MR) is 56.7 cm³/mol. The first-order valence-corrected chi connectivity index (χ1v) is 5.82. The summed E-state index contributed by atoms with van der Waals surface area (Å²) >= 11 is 0. The molecule has 78 valence electrons. The fourth-order valence-electron chi connectivity index (χ4n) is 2.48. The first kappa shape index (κ1) is 11.0. The van der Waals surface area contributed by atoms with Gasteiger partial charge < -0.3 is 5.11 Å². The minimum absolute atomic E-state index is 0.404. The van der Waals surface area contributed by atoms with Crippen LogP contribution in [0.3, 0.4) is 0 Å². The first-order valence-electron chi connectivity index (χ1n) is 5.82. The van der Waals surface area contributed by atoms with Crippen molar-refractivity contribution in [3.8, 4) is 0 Å². The molecule has 1 aliphatic rings. The molecule has 0 saturated heterocycles. The van der Waals surface area contributed by atoms with Gasteiger partial charge in [-0.1, -0.05) is 33.1 Å². The van der Waals surface area contributed by atoms with Gasteiger partial charge in [-0.3, -0.25) is 0 Å². The second-order valence-electron chi connectivity index (χ2n) is 4.84. The minimum Gasteiger partial charge on any atom is -0.390 e. The van der Waals surface area contributed by atoms with Crippen LogP contribution in [0.4, 0.5) is 0 Å². The van der Waals surface area contributed by atoms with Crippen LogP contribution in [0.1, 0.15) is 59.3 Å². The molecule has 1 atom stereocenters. The van der Waals surface area contributed by atoms with Crippen molar-refractivity contribution in [1.82, 2.24) is 0 Å². The molecule has 1 heteroatoms. The molecule has 1 saturated carbocycles. The Morgan fingerprint density at radius 2 is 1.69 bits per heavy atom. The molecule has 0 radical (unpaired) electrons. The average Bonchev–Trinajstić information content (AvgIpc) is 2.18. The highest BCUT2D eigenvalue weighted by Gasteiger charge is 2.32. The van der Waals surface area contributed by atoms with Gasteiger partial charge >= 0.3 is 0 Å². The van der Waals surface area contributed by atoms with Crippen molar-refractivity contribution in [2.45, 2.75) is 64.9 Å². The lowest BCUT2D eigenvalue weighted by Crippen LogP contribution is -2.36. The second-order valence-corrected chi connectivity index (χ2v) is 4.84. The third kappa shape index (κ3) is 2.70. The van der Waals surface area contributed by atoms with Crippen molar-refractivity contribution < 1.29 is 5.11 Å². The molecule has 13 heavy (non-hydrogen) atoms. The molecule has 1 nitrogen and oxygen atoms in total.